The predicted molar refractivity (Wildman–Crippen MR) is 40.4 cm³/mol. The second kappa shape index (κ2) is 7.15. The maximum absolute atomic E-state index is 8.74. The molecule has 0 amide bonds. The number of hydrogen-bond donors (Lipinski definition) is 6. The van der Waals surface area contributed by atoms with E-state index in [1.165, 1.54) is 0 Å². The van der Waals surface area contributed by atoms with Gasteiger partial charge in [-0.15, -0.1) is 0 Å². The van der Waals surface area contributed by atoms with E-state index in [1.807, 2.05) is 0 Å². The van der Waals surface area contributed by atoms with Gasteiger partial charge in [0, 0.05) is 0 Å². The van der Waals surface area contributed by atoms with E-state index in [4.69, 9.17) is 37.9 Å². The van der Waals surface area contributed by atoms with Gasteiger partial charge in [0.2, 0.25) is 0 Å². The van der Waals surface area contributed by atoms with Gasteiger partial charge in [-0.05, 0) is 0 Å². The molecule has 9 heteroatoms. The van der Waals surface area contributed by atoms with E-state index in [2.05, 4.69) is 0 Å². The average Bonchev–Trinajstić information content (AvgIpc) is 1.98. The molecule has 0 heterocycles. The van der Waals surface area contributed by atoms with Crippen LogP contribution in [0.3, 0.4) is 0 Å². The maximum atomic E-state index is 8.74. The van der Waals surface area contributed by atoms with Crippen molar-refractivity contribution in [1.82, 2.24) is 0 Å². The summed E-state index contributed by atoms with van der Waals surface area (Å²) in [5.41, 5.74) is 0. The second-order valence-corrected chi connectivity index (χ2v) is 2.84. The van der Waals surface area contributed by atoms with Crippen LogP contribution in [0.25, 0.3) is 0 Å². The molecule has 0 spiro atoms. The molecular formula is C4H12O8S. The number of hydrogen-bond acceptors (Lipinski definition) is 6. The van der Waals surface area contributed by atoms with Gasteiger partial charge in [-0.3, -0.25) is 9.11 Å². The Bertz CT molecular complexity index is 182. The van der Waals surface area contributed by atoms with Crippen LogP contribution in [-0.4, -0.2) is 63.4 Å². The van der Waals surface area contributed by atoms with Gasteiger partial charge in [0.25, 0.3) is 0 Å². The molecule has 0 saturated carbocycles. The van der Waals surface area contributed by atoms with Gasteiger partial charge in [-0.1, -0.05) is 0 Å². The Labute approximate surface area is 74.6 Å². The maximum Gasteiger partial charge on any atom is 0.394 e. The van der Waals surface area contributed by atoms with E-state index >= 15 is 0 Å². The Morgan fingerprint density at radius 1 is 0.923 bits per heavy atom. The monoisotopic (exact) mass is 220 g/mol. The summed E-state index contributed by atoms with van der Waals surface area (Å²) < 4.78 is 31.6. The normalized spacial score (nSPS) is 15.5. The largest absolute Gasteiger partial charge is 0.394 e. The van der Waals surface area contributed by atoms with Crippen LogP contribution in [0.4, 0.5) is 0 Å². The lowest BCUT2D eigenvalue weighted by molar-refractivity contribution is -0.0388. The SMILES string of the molecule is O=S(=O)(O)O.OC[C@@H](O)[C@@H](O)CO. The van der Waals surface area contributed by atoms with Gasteiger partial charge >= 0.3 is 10.4 Å². The molecule has 13 heavy (non-hydrogen) atoms. The smallest absolute Gasteiger partial charge is 0.394 e. The average molecular weight is 220 g/mol. The molecule has 0 aliphatic carbocycles. The van der Waals surface area contributed by atoms with Crippen LogP contribution in [0.5, 0.6) is 0 Å². The number of aliphatic hydroxyl groups excluding tert-OH is 4. The lowest BCUT2D eigenvalue weighted by Gasteiger charge is -2.10. The minimum atomic E-state index is -4.67. The molecule has 0 aromatic carbocycles. The highest BCUT2D eigenvalue weighted by molar-refractivity contribution is 7.79. The lowest BCUT2D eigenvalue weighted by Crippen LogP contribution is -2.31. The van der Waals surface area contributed by atoms with Gasteiger partial charge in [0.15, 0.2) is 0 Å². The van der Waals surface area contributed by atoms with E-state index in [9.17, 15) is 0 Å². The van der Waals surface area contributed by atoms with Gasteiger partial charge in [-0.25, -0.2) is 0 Å². The van der Waals surface area contributed by atoms with Crippen molar-refractivity contribution in [2.75, 3.05) is 13.2 Å². The number of aliphatic hydroxyl groups is 4. The summed E-state index contributed by atoms with van der Waals surface area (Å²) in [6.45, 7) is -1.05. The first-order valence-corrected chi connectivity index (χ1v) is 4.39. The Morgan fingerprint density at radius 2 is 1.08 bits per heavy atom. The van der Waals surface area contributed by atoms with E-state index in [0.717, 1.165) is 0 Å². The standard InChI is InChI=1S/C4H10O4.H2O4S/c5-1-3(7)4(8)2-6;1-5(2,3)4/h3-8H,1-2H2;(H2,1,2,3,4)/t3-,4+;. The molecule has 0 aromatic heterocycles. The fourth-order valence-corrected chi connectivity index (χ4v) is 0.243. The molecule has 0 rings (SSSR count). The second-order valence-electron chi connectivity index (χ2n) is 1.95. The van der Waals surface area contributed by atoms with Crippen LogP contribution < -0.4 is 0 Å². The lowest BCUT2D eigenvalue weighted by atomic mass is 10.2. The van der Waals surface area contributed by atoms with Crippen molar-refractivity contribution < 1.29 is 37.9 Å². The third kappa shape index (κ3) is 18.6. The van der Waals surface area contributed by atoms with E-state index in [-0.39, 0.29) is 0 Å². The van der Waals surface area contributed by atoms with Crippen LogP contribution in [0.1, 0.15) is 0 Å². The van der Waals surface area contributed by atoms with E-state index in [1.54, 1.807) is 0 Å². The van der Waals surface area contributed by atoms with Crippen LogP contribution in [0, 0.1) is 0 Å². The van der Waals surface area contributed by atoms with Crippen molar-refractivity contribution >= 4 is 10.4 Å². The topological polar surface area (TPSA) is 156 Å². The van der Waals surface area contributed by atoms with Gasteiger partial charge in [0.1, 0.15) is 12.2 Å². The predicted octanol–water partition coefficient (Wildman–Crippen LogP) is -2.96. The molecule has 0 aromatic rings. The molecular weight excluding hydrogens is 208 g/mol. The zero-order valence-corrected chi connectivity index (χ0v) is 7.29. The zero-order chi connectivity index (χ0) is 11.1. The minimum Gasteiger partial charge on any atom is -0.394 e. The summed E-state index contributed by atoms with van der Waals surface area (Å²) in [7, 11) is -4.67. The Kier molecular flexibility index (Phi) is 8.35. The molecule has 0 aliphatic rings. The molecule has 6 N–H and O–H groups in total. The summed E-state index contributed by atoms with van der Waals surface area (Å²) in [5.74, 6) is 0. The molecule has 0 bridgehead atoms. The van der Waals surface area contributed by atoms with Crippen molar-refractivity contribution in [1.29, 1.82) is 0 Å². The molecule has 0 radical (unpaired) electrons. The zero-order valence-electron chi connectivity index (χ0n) is 6.48. The van der Waals surface area contributed by atoms with Crippen LogP contribution in [-0.2, 0) is 10.4 Å². The highest BCUT2D eigenvalue weighted by Crippen LogP contribution is 1.88. The van der Waals surface area contributed by atoms with E-state index < -0.39 is 35.8 Å². The van der Waals surface area contributed by atoms with Crippen molar-refractivity contribution in [3.63, 3.8) is 0 Å². The van der Waals surface area contributed by atoms with Crippen LogP contribution >= 0.6 is 0 Å². The quantitative estimate of drug-likeness (QED) is 0.275. The Morgan fingerprint density at radius 3 is 1.15 bits per heavy atom. The highest BCUT2D eigenvalue weighted by Gasteiger charge is 2.12. The van der Waals surface area contributed by atoms with Gasteiger partial charge in [-0.2, -0.15) is 8.42 Å². The van der Waals surface area contributed by atoms with Crippen molar-refractivity contribution in [3.8, 4) is 0 Å². The molecule has 8 nitrogen and oxygen atoms in total. The minimum absolute atomic E-state index is 0.526. The van der Waals surface area contributed by atoms with Crippen molar-refractivity contribution in [3.05, 3.63) is 0 Å². The highest BCUT2D eigenvalue weighted by atomic mass is 32.3. The molecule has 0 aliphatic heterocycles. The Hall–Kier alpha value is -0.290. The third-order valence-corrected chi connectivity index (χ3v) is 0.818. The summed E-state index contributed by atoms with van der Waals surface area (Å²) in [4.78, 5) is 0. The van der Waals surface area contributed by atoms with E-state index in [0.29, 0.717) is 0 Å². The first kappa shape index (κ1) is 15.2. The van der Waals surface area contributed by atoms with Crippen LogP contribution in [0.2, 0.25) is 0 Å². The van der Waals surface area contributed by atoms with Gasteiger partial charge in [0.05, 0.1) is 13.2 Å². The summed E-state index contributed by atoms with van der Waals surface area (Å²) in [5, 5.41) is 33.2. The summed E-state index contributed by atoms with van der Waals surface area (Å²) >= 11 is 0. The Balaban J connectivity index is 0. The molecule has 0 unspecified atom stereocenters. The summed E-state index contributed by atoms with van der Waals surface area (Å²) in [6.07, 6.45) is -2.44. The van der Waals surface area contributed by atoms with Crippen molar-refractivity contribution in [2.24, 2.45) is 0 Å². The molecule has 0 fully saturated rings. The first-order chi connectivity index (χ1) is 5.72. The summed E-state index contributed by atoms with van der Waals surface area (Å²) in [6, 6.07) is 0. The number of rotatable bonds is 3. The molecule has 82 valence electrons. The van der Waals surface area contributed by atoms with Crippen molar-refractivity contribution in [2.45, 2.75) is 12.2 Å². The first-order valence-electron chi connectivity index (χ1n) is 3.00. The molecule has 0 saturated heterocycles. The van der Waals surface area contributed by atoms with Crippen LogP contribution in [0.15, 0.2) is 0 Å². The van der Waals surface area contributed by atoms with Gasteiger partial charge < -0.3 is 20.4 Å². The molecule has 2 atom stereocenters. The fourth-order valence-electron chi connectivity index (χ4n) is 0.243. The fraction of sp³-hybridized carbons (Fsp3) is 1.00. The third-order valence-electron chi connectivity index (χ3n) is 0.818.